The maximum atomic E-state index is 2.22. The molecule has 13 rings (SSSR count). The van der Waals surface area contributed by atoms with Crippen LogP contribution < -0.4 is 0 Å². The summed E-state index contributed by atoms with van der Waals surface area (Å²) in [5.74, 6) is 0. The number of aryl methyl sites for hydroxylation is 2. The molecule has 0 amide bonds. The average molecular weight is 1160 g/mol. The molecule has 0 atom stereocenters. The van der Waals surface area contributed by atoms with Gasteiger partial charge < -0.3 is 0 Å². The molecule has 472 valence electrons. The summed E-state index contributed by atoms with van der Waals surface area (Å²) in [5, 5.41) is 0. The lowest BCUT2D eigenvalue weighted by atomic mass is 10.1. The van der Waals surface area contributed by atoms with Gasteiger partial charge in [-0.05, 0) is 129 Å². The highest BCUT2D eigenvalue weighted by atomic mass is 14.2. The van der Waals surface area contributed by atoms with Gasteiger partial charge in [0, 0.05) is 0 Å². The van der Waals surface area contributed by atoms with Crippen molar-refractivity contribution in [1.82, 2.24) is 0 Å². The van der Waals surface area contributed by atoms with Crippen molar-refractivity contribution in [2.24, 2.45) is 0 Å². The van der Waals surface area contributed by atoms with Crippen LogP contribution in [0, 0.1) is 13.8 Å². The van der Waals surface area contributed by atoms with Gasteiger partial charge in [0.2, 0.25) is 0 Å². The molecule has 0 saturated heterocycles. The normalized spacial score (nSPS) is 9.21. The molecular formula is C86H128. The van der Waals surface area contributed by atoms with Crippen molar-refractivity contribution in [1.29, 1.82) is 0 Å². The highest BCUT2D eigenvalue weighted by Gasteiger charge is 2.19. The lowest BCUT2D eigenvalue weighted by Crippen LogP contribution is -1.77. The minimum atomic E-state index is 1.10. The maximum absolute atomic E-state index is 2.22. The third-order valence-electron chi connectivity index (χ3n) is 12.0. The number of benzene rings is 9. The molecule has 0 aliphatic heterocycles. The fraction of sp³-hybridized carbons (Fsp3) is 0.372. The van der Waals surface area contributed by atoms with Crippen molar-refractivity contribution in [2.45, 2.75) is 220 Å². The topological polar surface area (TPSA) is 0 Å². The predicted molar refractivity (Wildman–Crippen MR) is 402 cm³/mol. The Balaban J connectivity index is -0.000000291. The van der Waals surface area contributed by atoms with Crippen molar-refractivity contribution in [3.05, 3.63) is 274 Å². The molecule has 86 heavy (non-hydrogen) atoms. The van der Waals surface area contributed by atoms with E-state index in [1.165, 1.54) is 100 Å². The summed E-state index contributed by atoms with van der Waals surface area (Å²) < 4.78 is 0. The number of rotatable bonds is 0. The first-order valence-electron chi connectivity index (χ1n) is 34.3. The van der Waals surface area contributed by atoms with Gasteiger partial charge in [-0.25, -0.2) is 0 Å². The Bertz CT molecular complexity index is 2360. The first kappa shape index (κ1) is 87.8. The van der Waals surface area contributed by atoms with E-state index in [0.29, 0.717) is 0 Å². The molecule has 4 aliphatic rings. The zero-order chi connectivity index (χ0) is 66.7. The van der Waals surface area contributed by atoms with Crippen LogP contribution in [0.15, 0.2) is 218 Å². The van der Waals surface area contributed by atoms with Crippen LogP contribution in [0.2, 0.25) is 0 Å². The third-order valence-corrected chi connectivity index (χ3v) is 12.0. The smallest absolute Gasteiger partial charge is 0.00135 e. The van der Waals surface area contributed by atoms with Crippen molar-refractivity contribution >= 4 is 0 Å². The van der Waals surface area contributed by atoms with E-state index in [2.05, 4.69) is 232 Å². The highest BCUT2D eigenvalue weighted by Crippen LogP contribution is 2.38. The summed E-state index contributed by atoms with van der Waals surface area (Å²) in [6, 6.07) is 77.7. The molecule has 0 heteroatoms. The molecule has 0 unspecified atom stereocenters. The molecule has 0 fully saturated rings. The van der Waals surface area contributed by atoms with E-state index in [0.717, 1.165) is 25.7 Å². The fourth-order valence-corrected chi connectivity index (χ4v) is 9.13. The first-order chi connectivity index (χ1) is 42.6. The number of hydrogen-bond donors (Lipinski definition) is 0. The molecule has 0 saturated carbocycles. The molecular weight excluding hydrogens is 1030 g/mol. The lowest BCUT2D eigenvalue weighted by Gasteiger charge is -1.98. The average Bonchev–Trinajstić information content (AvgIpc) is 4.13. The van der Waals surface area contributed by atoms with E-state index in [9.17, 15) is 0 Å². The SMILES string of the molecule is CC.CC.CC.CC.CC.CC.CC.CC.CC.CC.CC.CC.CC.Cc1cccc(C)c1.c1ccc2c(c1)Cc1ccccc1-2.c1ccc2c(c1)Cc1ccccc1-2.c1ccc2c(c1)Cc1ccccc1-2.c1ccc2c(c1)Cc1ccccc1-2. The quantitative estimate of drug-likeness (QED) is 0.142. The summed E-state index contributed by atoms with van der Waals surface area (Å²) in [6.45, 7) is 56.2. The van der Waals surface area contributed by atoms with Gasteiger partial charge in [-0.1, -0.05) is 410 Å². The van der Waals surface area contributed by atoms with E-state index in [4.69, 9.17) is 0 Å². The van der Waals surface area contributed by atoms with E-state index < -0.39 is 0 Å². The monoisotopic (exact) mass is 1160 g/mol. The number of fused-ring (bicyclic) bond motifs is 12. The molecule has 0 aromatic heterocycles. The van der Waals surface area contributed by atoms with Crippen molar-refractivity contribution in [3.8, 4) is 44.5 Å². The Morgan fingerprint density at radius 2 is 0.267 bits per heavy atom. The van der Waals surface area contributed by atoms with Crippen LogP contribution in [0.25, 0.3) is 44.5 Å². The number of hydrogen-bond acceptors (Lipinski definition) is 0. The van der Waals surface area contributed by atoms with Gasteiger partial charge in [-0.3, -0.25) is 0 Å². The van der Waals surface area contributed by atoms with Gasteiger partial charge in [0.25, 0.3) is 0 Å². The zero-order valence-corrected chi connectivity index (χ0v) is 60.6. The Morgan fingerprint density at radius 3 is 0.372 bits per heavy atom. The largest absolute Gasteiger partial charge is 0.0683 e. The van der Waals surface area contributed by atoms with Crippen LogP contribution in [0.5, 0.6) is 0 Å². The molecule has 9 aromatic carbocycles. The summed E-state index contributed by atoms with van der Waals surface area (Å²) >= 11 is 0. The standard InChI is InChI=1S/4C13H10.C8H10.13C2H6/c4*1-3-7-12-10(5-1)9-11-6-2-4-8-13(11)12;1-7-4-3-5-8(2)6-7;13*1-2/h4*1-8H,9H2;3-6H,1-2H3;13*1-2H3. The van der Waals surface area contributed by atoms with E-state index in [-0.39, 0.29) is 0 Å². The van der Waals surface area contributed by atoms with Crippen LogP contribution in [0.1, 0.15) is 236 Å². The molecule has 9 aromatic rings. The van der Waals surface area contributed by atoms with Gasteiger partial charge in [-0.2, -0.15) is 0 Å². The van der Waals surface area contributed by atoms with Crippen molar-refractivity contribution in [2.75, 3.05) is 0 Å². The van der Waals surface area contributed by atoms with Crippen LogP contribution >= 0.6 is 0 Å². The molecule has 0 radical (unpaired) electrons. The van der Waals surface area contributed by atoms with Gasteiger partial charge in [0.1, 0.15) is 0 Å². The maximum Gasteiger partial charge on any atom is -0.00135 e. The van der Waals surface area contributed by atoms with E-state index >= 15 is 0 Å². The second-order valence-electron chi connectivity index (χ2n) is 16.1. The van der Waals surface area contributed by atoms with Gasteiger partial charge in [0.15, 0.2) is 0 Å². The molecule has 0 bridgehead atoms. The zero-order valence-electron chi connectivity index (χ0n) is 60.6. The first-order valence-corrected chi connectivity index (χ1v) is 34.3. The van der Waals surface area contributed by atoms with Crippen molar-refractivity contribution in [3.63, 3.8) is 0 Å². The summed E-state index contributed by atoms with van der Waals surface area (Å²) in [6.07, 6.45) is 4.41. The molecule has 0 nitrogen and oxygen atoms in total. The predicted octanol–water partition coefficient (Wildman–Crippen LogP) is 28.7. The lowest BCUT2D eigenvalue weighted by molar-refractivity contribution is 1.26. The minimum Gasteiger partial charge on any atom is -0.0683 e. The fourth-order valence-electron chi connectivity index (χ4n) is 9.13. The molecule has 4 aliphatic carbocycles. The van der Waals surface area contributed by atoms with E-state index in [1.807, 2.05) is 180 Å². The van der Waals surface area contributed by atoms with Gasteiger partial charge >= 0.3 is 0 Å². The molecule has 0 heterocycles. The molecule has 0 spiro atoms. The summed E-state index contributed by atoms with van der Waals surface area (Å²) in [7, 11) is 0. The summed E-state index contributed by atoms with van der Waals surface area (Å²) in [4.78, 5) is 0. The van der Waals surface area contributed by atoms with Crippen LogP contribution in [-0.2, 0) is 25.7 Å². The molecule has 0 N–H and O–H groups in total. The highest BCUT2D eigenvalue weighted by molar-refractivity contribution is 5.79. The van der Waals surface area contributed by atoms with Crippen LogP contribution in [0.4, 0.5) is 0 Å². The van der Waals surface area contributed by atoms with Gasteiger partial charge in [0.05, 0.1) is 0 Å². The Kier molecular flexibility index (Phi) is 62.3. The Hall–Kier alpha value is -7.02. The van der Waals surface area contributed by atoms with E-state index in [1.54, 1.807) is 0 Å². The van der Waals surface area contributed by atoms with Crippen molar-refractivity contribution < 1.29 is 0 Å². The van der Waals surface area contributed by atoms with Gasteiger partial charge in [-0.15, -0.1) is 0 Å². The third kappa shape index (κ3) is 29.4. The summed E-state index contributed by atoms with van der Waals surface area (Å²) in [5.41, 5.74) is 25.7. The second kappa shape index (κ2) is 61.1. The Morgan fingerprint density at radius 1 is 0.151 bits per heavy atom. The van der Waals surface area contributed by atoms with Crippen LogP contribution in [0.3, 0.4) is 0 Å². The second-order valence-corrected chi connectivity index (χ2v) is 16.1. The van der Waals surface area contributed by atoms with Crippen LogP contribution in [-0.4, -0.2) is 0 Å². The Labute approximate surface area is 535 Å². The minimum absolute atomic E-state index is 1.10.